The molecule has 0 aliphatic heterocycles. The molecule has 1 heterocycles. The molecule has 0 radical (unpaired) electrons. The number of rotatable bonds is 4. The molecule has 0 saturated carbocycles. The van der Waals surface area contributed by atoms with Crippen LogP contribution in [-0.2, 0) is 6.42 Å². The summed E-state index contributed by atoms with van der Waals surface area (Å²) in [7, 11) is 0. The minimum Gasteiger partial charge on any atom is -0.441 e. The van der Waals surface area contributed by atoms with Crippen LogP contribution in [0.2, 0.25) is 5.02 Å². The Balaban J connectivity index is 1.70. The zero-order chi connectivity index (χ0) is 16.2. The van der Waals surface area contributed by atoms with Gasteiger partial charge in [-0.25, -0.2) is 9.78 Å². The van der Waals surface area contributed by atoms with E-state index in [1.807, 2.05) is 6.07 Å². The minimum atomic E-state index is -0.333. The number of nitrogens with zero attached hydrogens (tertiary/aromatic N) is 1. The fourth-order valence-corrected chi connectivity index (χ4v) is 2.32. The van der Waals surface area contributed by atoms with Crippen molar-refractivity contribution in [3.63, 3.8) is 0 Å². The van der Waals surface area contributed by atoms with Gasteiger partial charge in [-0.15, -0.1) is 0 Å². The van der Waals surface area contributed by atoms with E-state index in [1.54, 1.807) is 36.4 Å². The molecule has 2 amide bonds. The standard InChI is InChI=1S/C17H16ClN3O2/c1-2-3-16-21-14-9-8-13(10-15(14)23-16)20-17(22)19-12-6-4-11(18)5-7-12/h4-10H,2-3H2,1H3,(H2,19,20,22). The number of anilines is 2. The van der Waals surface area contributed by atoms with Gasteiger partial charge in [-0.1, -0.05) is 18.5 Å². The van der Waals surface area contributed by atoms with Gasteiger partial charge in [-0.3, -0.25) is 0 Å². The highest BCUT2D eigenvalue weighted by atomic mass is 35.5. The van der Waals surface area contributed by atoms with Crippen LogP contribution in [0.5, 0.6) is 0 Å². The first-order valence-electron chi connectivity index (χ1n) is 7.37. The van der Waals surface area contributed by atoms with Crippen molar-refractivity contribution < 1.29 is 9.21 Å². The minimum absolute atomic E-state index is 0.333. The third-order valence-corrected chi connectivity index (χ3v) is 3.51. The molecule has 5 nitrogen and oxygen atoms in total. The molecule has 0 saturated heterocycles. The van der Waals surface area contributed by atoms with E-state index < -0.39 is 0 Å². The maximum Gasteiger partial charge on any atom is 0.323 e. The van der Waals surface area contributed by atoms with Gasteiger partial charge >= 0.3 is 6.03 Å². The van der Waals surface area contributed by atoms with E-state index in [0.29, 0.717) is 27.9 Å². The summed E-state index contributed by atoms with van der Waals surface area (Å²) < 4.78 is 5.66. The Labute approximate surface area is 138 Å². The van der Waals surface area contributed by atoms with E-state index in [0.717, 1.165) is 18.4 Å². The van der Waals surface area contributed by atoms with E-state index in [2.05, 4.69) is 22.5 Å². The van der Waals surface area contributed by atoms with Crippen LogP contribution in [0, 0.1) is 0 Å². The second-order valence-electron chi connectivity index (χ2n) is 5.13. The van der Waals surface area contributed by atoms with Crippen LogP contribution >= 0.6 is 11.6 Å². The highest BCUT2D eigenvalue weighted by molar-refractivity contribution is 6.30. The van der Waals surface area contributed by atoms with Gasteiger partial charge in [0.15, 0.2) is 11.5 Å². The number of aryl methyl sites for hydroxylation is 1. The van der Waals surface area contributed by atoms with Gasteiger partial charge in [0.05, 0.1) is 0 Å². The predicted molar refractivity (Wildman–Crippen MR) is 92.1 cm³/mol. The highest BCUT2D eigenvalue weighted by Crippen LogP contribution is 2.21. The lowest BCUT2D eigenvalue weighted by molar-refractivity contribution is 0.262. The molecule has 2 N–H and O–H groups in total. The maximum atomic E-state index is 12.0. The molecule has 1 aromatic heterocycles. The number of benzene rings is 2. The molecule has 0 aliphatic rings. The second-order valence-corrected chi connectivity index (χ2v) is 5.56. The van der Waals surface area contributed by atoms with Gasteiger partial charge in [0.2, 0.25) is 0 Å². The van der Waals surface area contributed by atoms with Crippen molar-refractivity contribution in [3.05, 3.63) is 53.4 Å². The van der Waals surface area contributed by atoms with Crippen molar-refractivity contribution in [3.8, 4) is 0 Å². The molecule has 3 aromatic rings. The van der Waals surface area contributed by atoms with Crippen LogP contribution in [0.15, 0.2) is 46.9 Å². The predicted octanol–water partition coefficient (Wildman–Crippen LogP) is 5.08. The van der Waals surface area contributed by atoms with Gasteiger partial charge in [0.25, 0.3) is 0 Å². The number of fused-ring (bicyclic) bond motifs is 1. The lowest BCUT2D eigenvalue weighted by Crippen LogP contribution is -2.19. The fourth-order valence-electron chi connectivity index (χ4n) is 2.20. The van der Waals surface area contributed by atoms with E-state index in [-0.39, 0.29) is 6.03 Å². The largest absolute Gasteiger partial charge is 0.441 e. The van der Waals surface area contributed by atoms with Crippen LogP contribution in [0.3, 0.4) is 0 Å². The molecular weight excluding hydrogens is 314 g/mol. The van der Waals surface area contributed by atoms with Crippen molar-refractivity contribution in [2.24, 2.45) is 0 Å². The number of carbonyl (C=O) groups excluding carboxylic acids is 1. The van der Waals surface area contributed by atoms with Crippen LogP contribution in [0.4, 0.5) is 16.2 Å². The van der Waals surface area contributed by atoms with Crippen molar-refractivity contribution in [1.29, 1.82) is 0 Å². The number of oxazole rings is 1. The topological polar surface area (TPSA) is 67.2 Å². The molecule has 6 heteroatoms. The molecule has 0 spiro atoms. The number of halogens is 1. The molecule has 118 valence electrons. The average molecular weight is 330 g/mol. The Morgan fingerprint density at radius 1 is 1.13 bits per heavy atom. The van der Waals surface area contributed by atoms with Gasteiger partial charge in [0, 0.05) is 28.9 Å². The first-order chi connectivity index (χ1) is 11.1. The van der Waals surface area contributed by atoms with E-state index >= 15 is 0 Å². The Kier molecular flexibility index (Phi) is 4.48. The zero-order valence-corrected chi connectivity index (χ0v) is 13.4. The SMILES string of the molecule is CCCc1nc2ccc(NC(=O)Nc3ccc(Cl)cc3)cc2o1. The van der Waals surface area contributed by atoms with Gasteiger partial charge in [-0.2, -0.15) is 0 Å². The molecule has 0 unspecified atom stereocenters. The van der Waals surface area contributed by atoms with Crippen molar-refractivity contribution in [1.82, 2.24) is 4.98 Å². The number of carbonyl (C=O) groups is 1. The first-order valence-corrected chi connectivity index (χ1v) is 7.75. The Bertz CT molecular complexity index is 827. The lowest BCUT2D eigenvalue weighted by Gasteiger charge is -2.07. The summed E-state index contributed by atoms with van der Waals surface area (Å²) in [4.78, 5) is 16.4. The number of hydrogen-bond acceptors (Lipinski definition) is 3. The van der Waals surface area contributed by atoms with Crippen LogP contribution < -0.4 is 10.6 Å². The fraction of sp³-hybridized carbons (Fsp3) is 0.176. The number of amides is 2. The number of nitrogens with one attached hydrogen (secondary N) is 2. The maximum absolute atomic E-state index is 12.0. The summed E-state index contributed by atoms with van der Waals surface area (Å²) in [5.74, 6) is 0.713. The zero-order valence-electron chi connectivity index (χ0n) is 12.6. The van der Waals surface area contributed by atoms with Crippen LogP contribution in [0.1, 0.15) is 19.2 Å². The van der Waals surface area contributed by atoms with E-state index in [4.69, 9.17) is 16.0 Å². The summed E-state index contributed by atoms with van der Waals surface area (Å²) in [5.41, 5.74) is 2.76. The average Bonchev–Trinajstić information content (AvgIpc) is 2.91. The number of aromatic nitrogens is 1. The molecular formula is C17H16ClN3O2. The number of hydrogen-bond donors (Lipinski definition) is 2. The lowest BCUT2D eigenvalue weighted by atomic mass is 10.3. The van der Waals surface area contributed by atoms with E-state index in [9.17, 15) is 4.79 Å². The van der Waals surface area contributed by atoms with Crippen molar-refractivity contribution >= 4 is 40.1 Å². The summed E-state index contributed by atoms with van der Waals surface area (Å²) in [6.45, 7) is 2.07. The quantitative estimate of drug-likeness (QED) is 0.701. The van der Waals surface area contributed by atoms with Gasteiger partial charge in [0.1, 0.15) is 5.52 Å². The normalized spacial score (nSPS) is 10.7. The van der Waals surface area contributed by atoms with Gasteiger partial charge in [-0.05, 0) is 42.8 Å². The molecule has 0 aliphatic carbocycles. The van der Waals surface area contributed by atoms with Gasteiger partial charge < -0.3 is 15.1 Å². The second kappa shape index (κ2) is 6.71. The smallest absolute Gasteiger partial charge is 0.323 e. The first kappa shape index (κ1) is 15.4. The Hall–Kier alpha value is -2.53. The Morgan fingerprint density at radius 2 is 1.83 bits per heavy atom. The van der Waals surface area contributed by atoms with Crippen molar-refractivity contribution in [2.75, 3.05) is 10.6 Å². The van der Waals surface area contributed by atoms with Crippen LogP contribution in [0.25, 0.3) is 11.1 Å². The Morgan fingerprint density at radius 3 is 2.57 bits per heavy atom. The monoisotopic (exact) mass is 329 g/mol. The number of urea groups is 1. The third kappa shape index (κ3) is 3.81. The van der Waals surface area contributed by atoms with E-state index in [1.165, 1.54) is 0 Å². The molecule has 2 aromatic carbocycles. The summed E-state index contributed by atoms with van der Waals surface area (Å²) >= 11 is 5.81. The summed E-state index contributed by atoms with van der Waals surface area (Å²) in [6, 6.07) is 12.0. The van der Waals surface area contributed by atoms with Crippen molar-refractivity contribution in [2.45, 2.75) is 19.8 Å². The molecule has 0 fully saturated rings. The molecule has 3 rings (SSSR count). The summed E-state index contributed by atoms with van der Waals surface area (Å²) in [5, 5.41) is 6.12. The molecule has 23 heavy (non-hydrogen) atoms. The molecule has 0 bridgehead atoms. The molecule has 0 atom stereocenters. The summed E-state index contributed by atoms with van der Waals surface area (Å²) in [6.07, 6.45) is 1.77. The van der Waals surface area contributed by atoms with Crippen LogP contribution in [-0.4, -0.2) is 11.0 Å². The third-order valence-electron chi connectivity index (χ3n) is 3.26. The highest BCUT2D eigenvalue weighted by Gasteiger charge is 2.08.